The van der Waals surface area contributed by atoms with Gasteiger partial charge in [0, 0.05) is 23.6 Å². The highest BCUT2D eigenvalue weighted by Gasteiger charge is 2.40. The van der Waals surface area contributed by atoms with Crippen molar-refractivity contribution in [1.82, 2.24) is 4.90 Å². The summed E-state index contributed by atoms with van der Waals surface area (Å²) in [5.74, 6) is -0.148. The van der Waals surface area contributed by atoms with E-state index in [1.807, 2.05) is 37.3 Å². The minimum atomic E-state index is -3.68. The Morgan fingerprint density at radius 3 is 2.47 bits per heavy atom. The van der Waals surface area contributed by atoms with Gasteiger partial charge in [0.1, 0.15) is 5.25 Å². The molecule has 1 fully saturated rings. The van der Waals surface area contributed by atoms with Crippen LogP contribution in [0.1, 0.15) is 31.4 Å². The monoisotopic (exact) mass is 301 g/mol. The molecule has 0 saturated carbocycles. The van der Waals surface area contributed by atoms with E-state index in [-0.39, 0.29) is 24.9 Å². The third-order valence-corrected chi connectivity index (χ3v) is 5.34. The summed E-state index contributed by atoms with van der Waals surface area (Å²) in [5, 5.41) is -0.792. The van der Waals surface area contributed by atoms with Crippen molar-refractivity contribution in [2.24, 2.45) is 0 Å². The topological polar surface area (TPSA) is 54.5 Å². The normalized spacial score (nSPS) is 21.7. The number of nitrogens with zero attached hydrogens (tertiary/aromatic N) is 1. The number of carbonyl (C=O) groups is 1. The molecule has 6 heteroatoms. The molecule has 1 amide bonds. The van der Waals surface area contributed by atoms with Crippen molar-refractivity contribution in [3.63, 3.8) is 0 Å². The van der Waals surface area contributed by atoms with Crippen molar-refractivity contribution < 1.29 is 13.2 Å². The molecule has 0 aromatic heterocycles. The first kappa shape index (κ1) is 14.3. The summed E-state index contributed by atoms with van der Waals surface area (Å²) in [6, 6.07) is 9.54. The quantitative estimate of drug-likeness (QED) is 0.802. The van der Waals surface area contributed by atoms with E-state index < -0.39 is 14.3 Å². The molecule has 19 heavy (non-hydrogen) atoms. The van der Waals surface area contributed by atoms with Crippen molar-refractivity contribution in [2.45, 2.75) is 31.1 Å². The molecular formula is C13H16ClNO3S. The molecule has 1 saturated heterocycles. The van der Waals surface area contributed by atoms with Crippen LogP contribution in [0.15, 0.2) is 30.3 Å². The minimum absolute atomic E-state index is 0.0187. The van der Waals surface area contributed by atoms with Crippen LogP contribution in [-0.2, 0) is 13.8 Å². The van der Waals surface area contributed by atoms with Gasteiger partial charge in [-0.05, 0) is 12.0 Å². The molecule has 2 rings (SSSR count). The summed E-state index contributed by atoms with van der Waals surface area (Å²) in [5.41, 5.74) is 1.02. The standard InChI is InChI=1S/C13H16ClNO3S/c1-2-12(10-6-4-3-5-7-10)15-9-11(8-13(15)16)19(14,17)18/h3-7,11-12H,2,8-9H2,1H3/t11?,12-/m0/s1. The summed E-state index contributed by atoms with van der Waals surface area (Å²) in [4.78, 5) is 13.6. The van der Waals surface area contributed by atoms with Gasteiger partial charge < -0.3 is 4.90 Å². The largest absolute Gasteiger partial charge is 0.334 e. The zero-order valence-electron chi connectivity index (χ0n) is 10.6. The van der Waals surface area contributed by atoms with Crippen LogP contribution in [0.25, 0.3) is 0 Å². The van der Waals surface area contributed by atoms with Gasteiger partial charge in [-0.15, -0.1) is 0 Å². The predicted molar refractivity (Wildman–Crippen MR) is 74.4 cm³/mol. The number of rotatable bonds is 4. The van der Waals surface area contributed by atoms with Gasteiger partial charge in [-0.1, -0.05) is 37.3 Å². The highest BCUT2D eigenvalue weighted by atomic mass is 35.7. The van der Waals surface area contributed by atoms with Crippen LogP contribution in [0, 0.1) is 0 Å². The number of likely N-dealkylation sites (tertiary alicyclic amines) is 1. The average Bonchev–Trinajstić information content (AvgIpc) is 2.74. The Bertz CT molecular complexity index is 559. The van der Waals surface area contributed by atoms with Crippen molar-refractivity contribution in [3.05, 3.63) is 35.9 Å². The first-order valence-corrected chi connectivity index (χ1v) is 8.58. The van der Waals surface area contributed by atoms with Crippen LogP contribution >= 0.6 is 10.7 Å². The summed E-state index contributed by atoms with van der Waals surface area (Å²) in [7, 11) is 1.67. The minimum Gasteiger partial charge on any atom is -0.334 e. The van der Waals surface area contributed by atoms with E-state index in [0.717, 1.165) is 12.0 Å². The summed E-state index contributed by atoms with van der Waals surface area (Å²) in [6.45, 7) is 2.16. The maximum Gasteiger partial charge on any atom is 0.237 e. The number of halogens is 1. The molecule has 2 atom stereocenters. The maximum atomic E-state index is 12.0. The van der Waals surface area contributed by atoms with Crippen LogP contribution in [-0.4, -0.2) is 31.0 Å². The fraction of sp³-hybridized carbons (Fsp3) is 0.462. The zero-order chi connectivity index (χ0) is 14.0. The number of carbonyl (C=O) groups excluding carboxylic acids is 1. The van der Waals surface area contributed by atoms with E-state index in [1.165, 1.54) is 0 Å². The highest BCUT2D eigenvalue weighted by Crippen LogP contribution is 2.31. The molecule has 1 unspecified atom stereocenters. The summed E-state index contributed by atoms with van der Waals surface area (Å²) in [6.07, 6.45) is 0.722. The fourth-order valence-corrected chi connectivity index (χ4v) is 3.54. The third kappa shape index (κ3) is 3.09. The van der Waals surface area contributed by atoms with E-state index in [9.17, 15) is 13.2 Å². The molecule has 1 heterocycles. The van der Waals surface area contributed by atoms with Crippen molar-refractivity contribution in [2.75, 3.05) is 6.54 Å². The van der Waals surface area contributed by atoms with Gasteiger partial charge in [-0.2, -0.15) is 0 Å². The Hall–Kier alpha value is -1.07. The lowest BCUT2D eigenvalue weighted by atomic mass is 10.0. The number of hydrogen-bond donors (Lipinski definition) is 0. The van der Waals surface area contributed by atoms with Crippen LogP contribution in [0.4, 0.5) is 0 Å². The number of hydrogen-bond acceptors (Lipinski definition) is 3. The van der Waals surface area contributed by atoms with Gasteiger partial charge in [0.15, 0.2) is 0 Å². The summed E-state index contributed by atoms with van der Waals surface area (Å²) < 4.78 is 22.7. The molecular weight excluding hydrogens is 286 g/mol. The Morgan fingerprint density at radius 2 is 2.00 bits per heavy atom. The lowest BCUT2D eigenvalue weighted by molar-refractivity contribution is -0.129. The molecule has 0 N–H and O–H groups in total. The van der Waals surface area contributed by atoms with Crippen molar-refractivity contribution in [1.29, 1.82) is 0 Å². The van der Waals surface area contributed by atoms with E-state index in [2.05, 4.69) is 0 Å². The zero-order valence-corrected chi connectivity index (χ0v) is 12.2. The molecule has 0 spiro atoms. The second-order valence-corrected chi connectivity index (χ2v) is 7.59. The first-order chi connectivity index (χ1) is 8.93. The molecule has 104 valence electrons. The van der Waals surface area contributed by atoms with E-state index >= 15 is 0 Å². The molecule has 0 aliphatic carbocycles. The van der Waals surface area contributed by atoms with Gasteiger partial charge in [0.2, 0.25) is 15.0 Å². The second kappa shape index (κ2) is 5.51. The number of amides is 1. The lowest BCUT2D eigenvalue weighted by Crippen LogP contribution is -2.31. The second-order valence-electron chi connectivity index (χ2n) is 4.68. The predicted octanol–water partition coefficient (Wildman–Crippen LogP) is 2.31. The molecule has 0 radical (unpaired) electrons. The van der Waals surface area contributed by atoms with Gasteiger partial charge in [-0.3, -0.25) is 4.79 Å². The molecule has 1 aromatic rings. The first-order valence-electron chi connectivity index (χ1n) is 6.21. The SMILES string of the molecule is CC[C@@H](c1ccccc1)N1CC(S(=O)(=O)Cl)CC1=O. The van der Waals surface area contributed by atoms with Crippen LogP contribution < -0.4 is 0 Å². The fourth-order valence-electron chi connectivity index (χ4n) is 2.50. The maximum absolute atomic E-state index is 12.0. The third-order valence-electron chi connectivity index (χ3n) is 3.47. The van der Waals surface area contributed by atoms with Crippen LogP contribution in [0.5, 0.6) is 0 Å². The molecule has 4 nitrogen and oxygen atoms in total. The van der Waals surface area contributed by atoms with Gasteiger partial charge in [0.05, 0.1) is 6.04 Å². The Morgan fingerprint density at radius 1 is 1.37 bits per heavy atom. The summed E-state index contributed by atoms with van der Waals surface area (Å²) >= 11 is 0. The number of benzene rings is 1. The van der Waals surface area contributed by atoms with Crippen molar-refractivity contribution >= 4 is 25.6 Å². The molecule has 0 bridgehead atoms. The van der Waals surface area contributed by atoms with Crippen LogP contribution in [0.2, 0.25) is 0 Å². The Labute approximate surface area is 117 Å². The molecule has 1 aliphatic rings. The van der Waals surface area contributed by atoms with E-state index in [4.69, 9.17) is 10.7 Å². The Kier molecular flexibility index (Phi) is 4.16. The van der Waals surface area contributed by atoms with Crippen molar-refractivity contribution in [3.8, 4) is 0 Å². The van der Waals surface area contributed by atoms with Gasteiger partial charge >= 0.3 is 0 Å². The van der Waals surface area contributed by atoms with Gasteiger partial charge in [-0.25, -0.2) is 8.42 Å². The van der Waals surface area contributed by atoms with E-state index in [0.29, 0.717) is 0 Å². The smallest absolute Gasteiger partial charge is 0.237 e. The lowest BCUT2D eigenvalue weighted by Gasteiger charge is -2.27. The average molecular weight is 302 g/mol. The Balaban J connectivity index is 2.24. The molecule has 1 aliphatic heterocycles. The molecule has 1 aromatic carbocycles. The van der Waals surface area contributed by atoms with Crippen LogP contribution in [0.3, 0.4) is 0 Å². The highest BCUT2D eigenvalue weighted by molar-refractivity contribution is 8.14. The van der Waals surface area contributed by atoms with E-state index in [1.54, 1.807) is 4.90 Å². The van der Waals surface area contributed by atoms with Gasteiger partial charge in [0.25, 0.3) is 0 Å².